The smallest absolute Gasteiger partial charge is 0.137 e. The molecule has 1 aromatic carbocycles. The van der Waals surface area contributed by atoms with Gasteiger partial charge in [0.1, 0.15) is 24.3 Å². The fourth-order valence-corrected chi connectivity index (χ4v) is 1.57. The standard InChI is InChI=1S/C12H11F2N3/c1-2-9(6-17-8-15-7-16-17)11-4-3-10(13)5-12(11)14/h2-5,7-8H,6H2,1H3. The van der Waals surface area contributed by atoms with E-state index in [1.807, 2.05) is 0 Å². The number of allylic oxidation sites excluding steroid dienone is 2. The third kappa shape index (κ3) is 2.55. The van der Waals surface area contributed by atoms with Crippen molar-refractivity contribution in [2.24, 2.45) is 0 Å². The number of rotatable bonds is 3. The molecule has 0 aliphatic rings. The van der Waals surface area contributed by atoms with Gasteiger partial charge in [-0.15, -0.1) is 0 Å². The minimum atomic E-state index is -0.581. The van der Waals surface area contributed by atoms with Gasteiger partial charge in [0.25, 0.3) is 0 Å². The lowest BCUT2D eigenvalue weighted by Crippen LogP contribution is -2.02. The number of halogens is 2. The Morgan fingerprint density at radius 2 is 2.24 bits per heavy atom. The summed E-state index contributed by atoms with van der Waals surface area (Å²) in [7, 11) is 0. The molecule has 1 aromatic heterocycles. The Labute approximate surface area is 97.4 Å². The van der Waals surface area contributed by atoms with Crippen molar-refractivity contribution in [3.8, 4) is 0 Å². The minimum absolute atomic E-state index is 0.379. The Balaban J connectivity index is 2.30. The first kappa shape index (κ1) is 11.4. The van der Waals surface area contributed by atoms with Crippen LogP contribution in [0.5, 0.6) is 0 Å². The Hall–Kier alpha value is -2.04. The highest BCUT2D eigenvalue weighted by Crippen LogP contribution is 2.20. The predicted molar refractivity (Wildman–Crippen MR) is 60.0 cm³/mol. The van der Waals surface area contributed by atoms with E-state index in [0.29, 0.717) is 12.1 Å². The van der Waals surface area contributed by atoms with Gasteiger partial charge in [0.15, 0.2) is 0 Å². The average Bonchev–Trinajstić information content (AvgIpc) is 2.79. The summed E-state index contributed by atoms with van der Waals surface area (Å²) in [6, 6.07) is 3.54. The van der Waals surface area contributed by atoms with Gasteiger partial charge in [0.05, 0.1) is 6.54 Å². The Bertz CT molecular complexity index is 533. The highest BCUT2D eigenvalue weighted by molar-refractivity contribution is 5.65. The van der Waals surface area contributed by atoms with Gasteiger partial charge in [-0.05, 0) is 24.6 Å². The summed E-state index contributed by atoms with van der Waals surface area (Å²) in [4.78, 5) is 3.81. The van der Waals surface area contributed by atoms with E-state index in [0.717, 1.165) is 11.6 Å². The van der Waals surface area contributed by atoms with E-state index in [4.69, 9.17) is 0 Å². The number of nitrogens with zero attached hydrogens (tertiary/aromatic N) is 3. The molecular weight excluding hydrogens is 224 g/mol. The van der Waals surface area contributed by atoms with E-state index in [-0.39, 0.29) is 0 Å². The summed E-state index contributed by atoms with van der Waals surface area (Å²) < 4.78 is 28.0. The molecule has 17 heavy (non-hydrogen) atoms. The van der Waals surface area contributed by atoms with Crippen molar-refractivity contribution in [2.75, 3.05) is 0 Å². The zero-order valence-corrected chi connectivity index (χ0v) is 9.27. The second-order valence-electron chi connectivity index (χ2n) is 3.53. The van der Waals surface area contributed by atoms with Crippen LogP contribution in [0.2, 0.25) is 0 Å². The van der Waals surface area contributed by atoms with Crippen molar-refractivity contribution in [2.45, 2.75) is 13.5 Å². The van der Waals surface area contributed by atoms with Crippen LogP contribution in [-0.2, 0) is 6.54 Å². The summed E-state index contributed by atoms with van der Waals surface area (Å²) in [6.07, 6.45) is 4.73. The van der Waals surface area contributed by atoms with Gasteiger partial charge in [0, 0.05) is 11.6 Å². The first-order valence-corrected chi connectivity index (χ1v) is 5.13. The quantitative estimate of drug-likeness (QED) is 0.818. The van der Waals surface area contributed by atoms with Gasteiger partial charge < -0.3 is 0 Å². The van der Waals surface area contributed by atoms with Gasteiger partial charge in [-0.25, -0.2) is 18.4 Å². The molecular formula is C12H11F2N3. The predicted octanol–water partition coefficient (Wildman–Crippen LogP) is 2.66. The normalized spacial score (nSPS) is 11.8. The second kappa shape index (κ2) is 4.86. The first-order valence-electron chi connectivity index (χ1n) is 5.13. The molecule has 0 saturated carbocycles. The summed E-state index contributed by atoms with van der Waals surface area (Å²) in [5.74, 6) is -1.15. The molecule has 2 rings (SSSR count). The molecule has 5 heteroatoms. The number of hydrogen-bond acceptors (Lipinski definition) is 2. The van der Waals surface area contributed by atoms with Crippen LogP contribution in [0.4, 0.5) is 8.78 Å². The van der Waals surface area contributed by atoms with Gasteiger partial charge in [0.2, 0.25) is 0 Å². The fourth-order valence-electron chi connectivity index (χ4n) is 1.57. The van der Waals surface area contributed by atoms with Gasteiger partial charge in [-0.1, -0.05) is 6.08 Å². The van der Waals surface area contributed by atoms with Crippen molar-refractivity contribution in [3.63, 3.8) is 0 Å². The Kier molecular flexibility index (Phi) is 3.27. The van der Waals surface area contributed by atoms with Crippen LogP contribution in [0.15, 0.2) is 36.9 Å². The summed E-state index contributed by atoms with van der Waals surface area (Å²) in [6.45, 7) is 2.20. The third-order valence-corrected chi connectivity index (χ3v) is 2.42. The van der Waals surface area contributed by atoms with Crippen molar-refractivity contribution in [1.29, 1.82) is 0 Å². The van der Waals surface area contributed by atoms with E-state index < -0.39 is 11.6 Å². The molecule has 0 atom stereocenters. The van der Waals surface area contributed by atoms with Crippen LogP contribution in [0.1, 0.15) is 12.5 Å². The molecule has 0 N–H and O–H groups in total. The van der Waals surface area contributed by atoms with Crippen molar-refractivity contribution in [3.05, 3.63) is 54.1 Å². The third-order valence-electron chi connectivity index (χ3n) is 2.42. The highest BCUT2D eigenvalue weighted by atomic mass is 19.1. The van der Waals surface area contributed by atoms with Crippen molar-refractivity contribution in [1.82, 2.24) is 14.8 Å². The monoisotopic (exact) mass is 235 g/mol. The van der Waals surface area contributed by atoms with Crippen molar-refractivity contribution < 1.29 is 8.78 Å². The van der Waals surface area contributed by atoms with Crippen LogP contribution in [0.3, 0.4) is 0 Å². The Morgan fingerprint density at radius 1 is 1.41 bits per heavy atom. The lowest BCUT2D eigenvalue weighted by molar-refractivity contribution is 0.579. The maximum atomic E-state index is 13.6. The number of aromatic nitrogens is 3. The second-order valence-corrected chi connectivity index (χ2v) is 3.53. The lowest BCUT2D eigenvalue weighted by atomic mass is 10.1. The Morgan fingerprint density at radius 3 is 2.82 bits per heavy atom. The topological polar surface area (TPSA) is 30.7 Å². The summed E-state index contributed by atoms with van der Waals surface area (Å²) in [5.41, 5.74) is 1.11. The maximum absolute atomic E-state index is 13.6. The molecule has 0 fully saturated rings. The number of benzene rings is 1. The number of hydrogen-bond donors (Lipinski definition) is 0. The molecule has 0 radical (unpaired) electrons. The van der Waals surface area contributed by atoms with E-state index in [9.17, 15) is 8.78 Å². The zero-order chi connectivity index (χ0) is 12.3. The molecule has 0 aliphatic heterocycles. The lowest BCUT2D eigenvalue weighted by Gasteiger charge is -2.08. The highest BCUT2D eigenvalue weighted by Gasteiger charge is 2.09. The average molecular weight is 235 g/mol. The van der Waals surface area contributed by atoms with Crippen molar-refractivity contribution >= 4 is 5.57 Å². The molecule has 88 valence electrons. The van der Waals surface area contributed by atoms with Crippen LogP contribution >= 0.6 is 0 Å². The van der Waals surface area contributed by atoms with Crippen LogP contribution in [0, 0.1) is 11.6 Å². The SMILES string of the molecule is CC=C(Cn1cncn1)c1ccc(F)cc1F. The molecule has 0 bridgehead atoms. The molecule has 2 aromatic rings. The molecule has 0 unspecified atom stereocenters. The fraction of sp³-hybridized carbons (Fsp3) is 0.167. The van der Waals surface area contributed by atoms with Crippen LogP contribution in [0.25, 0.3) is 5.57 Å². The molecule has 0 spiro atoms. The van der Waals surface area contributed by atoms with E-state index >= 15 is 0 Å². The molecule has 0 aliphatic carbocycles. The van der Waals surface area contributed by atoms with E-state index in [2.05, 4.69) is 10.1 Å². The summed E-state index contributed by atoms with van der Waals surface area (Å²) in [5, 5.41) is 3.94. The first-order chi connectivity index (χ1) is 8.20. The molecule has 3 nitrogen and oxygen atoms in total. The van der Waals surface area contributed by atoms with E-state index in [1.165, 1.54) is 18.5 Å². The minimum Gasteiger partial charge on any atom is -0.249 e. The molecule has 1 heterocycles. The largest absolute Gasteiger partial charge is 0.249 e. The van der Waals surface area contributed by atoms with Gasteiger partial charge >= 0.3 is 0 Å². The van der Waals surface area contributed by atoms with Crippen LogP contribution in [-0.4, -0.2) is 14.8 Å². The maximum Gasteiger partial charge on any atom is 0.137 e. The molecule has 0 amide bonds. The summed E-state index contributed by atoms with van der Waals surface area (Å²) >= 11 is 0. The van der Waals surface area contributed by atoms with Crippen LogP contribution < -0.4 is 0 Å². The molecule has 0 saturated heterocycles. The zero-order valence-electron chi connectivity index (χ0n) is 9.27. The van der Waals surface area contributed by atoms with E-state index in [1.54, 1.807) is 24.0 Å². The van der Waals surface area contributed by atoms with Gasteiger partial charge in [-0.2, -0.15) is 5.10 Å². The van der Waals surface area contributed by atoms with Gasteiger partial charge in [-0.3, -0.25) is 0 Å².